The van der Waals surface area contributed by atoms with Crippen LogP contribution in [0.15, 0.2) is 65.1 Å². The Balaban J connectivity index is 2.43. The largest absolute Gasteiger partial charge is 0.411 e. The standard InChI is InChI=1S/C23H28N2O8SSi/c1-16(22(33-35(3,4)5)15-21(26)18-9-7-6-8-10-18)13-17(2)34(31,32)23-12-11-19(24(27)28)14-20(23)25(29)30/h6-14,17,22H,15H2,1-5H3/b16-13-/t17-,22+/m1/s1. The molecular formula is C23H28N2O8SSi. The van der Waals surface area contributed by atoms with Crippen molar-refractivity contribution < 1.29 is 27.5 Å². The van der Waals surface area contributed by atoms with Crippen molar-refractivity contribution >= 4 is 35.3 Å². The van der Waals surface area contributed by atoms with Crippen LogP contribution in [0, 0.1) is 20.2 Å². The van der Waals surface area contributed by atoms with Gasteiger partial charge in [0, 0.05) is 18.1 Å². The summed E-state index contributed by atoms with van der Waals surface area (Å²) >= 11 is 0. The van der Waals surface area contributed by atoms with Crippen molar-refractivity contribution in [1.82, 2.24) is 0 Å². The SMILES string of the molecule is C/C(=C/[C@@H](C)S(=O)(=O)c1ccc([N+](=O)[O-])cc1[N+](=O)[O-])[C@H](CC(=O)c1ccccc1)O[Si](C)(C)C. The predicted molar refractivity (Wildman–Crippen MR) is 134 cm³/mol. The minimum Gasteiger partial charge on any atom is -0.411 e. The third kappa shape index (κ3) is 7.38. The van der Waals surface area contributed by atoms with Crippen LogP contribution in [0.5, 0.6) is 0 Å². The molecule has 0 saturated carbocycles. The molecule has 0 aromatic heterocycles. The molecule has 35 heavy (non-hydrogen) atoms. The molecule has 10 nitrogen and oxygen atoms in total. The van der Waals surface area contributed by atoms with Crippen molar-refractivity contribution in [3.05, 3.63) is 86.0 Å². The molecule has 0 saturated heterocycles. The number of hydrogen-bond acceptors (Lipinski definition) is 8. The lowest BCUT2D eigenvalue weighted by molar-refractivity contribution is -0.396. The van der Waals surface area contributed by atoms with E-state index in [0.29, 0.717) is 17.2 Å². The molecule has 0 bridgehead atoms. The normalized spacial score (nSPS) is 14.3. The van der Waals surface area contributed by atoms with E-state index in [1.807, 2.05) is 19.6 Å². The number of benzene rings is 2. The van der Waals surface area contributed by atoms with Gasteiger partial charge in [0.15, 0.2) is 23.9 Å². The second-order valence-electron chi connectivity index (χ2n) is 9.04. The molecular weight excluding hydrogens is 492 g/mol. The van der Waals surface area contributed by atoms with E-state index in [1.54, 1.807) is 37.3 Å². The third-order valence-electron chi connectivity index (χ3n) is 5.11. The molecule has 0 aliphatic heterocycles. The van der Waals surface area contributed by atoms with Gasteiger partial charge in [0.25, 0.3) is 11.4 Å². The molecule has 0 amide bonds. The van der Waals surface area contributed by atoms with Gasteiger partial charge >= 0.3 is 0 Å². The van der Waals surface area contributed by atoms with Gasteiger partial charge in [-0.3, -0.25) is 25.0 Å². The maximum absolute atomic E-state index is 13.2. The number of nitrogens with zero attached hydrogens (tertiary/aromatic N) is 2. The summed E-state index contributed by atoms with van der Waals surface area (Å²) in [6, 6.07) is 11.1. The number of nitro groups is 2. The highest BCUT2D eigenvalue weighted by Crippen LogP contribution is 2.32. The molecule has 0 fully saturated rings. The lowest BCUT2D eigenvalue weighted by atomic mass is 10.0. The summed E-state index contributed by atoms with van der Waals surface area (Å²) in [5.41, 5.74) is -0.451. The summed E-state index contributed by atoms with van der Waals surface area (Å²) in [5, 5.41) is 21.2. The minimum absolute atomic E-state index is 0.00106. The van der Waals surface area contributed by atoms with E-state index in [0.717, 1.165) is 12.1 Å². The number of carbonyl (C=O) groups excluding carboxylic acids is 1. The molecule has 2 rings (SSSR count). The van der Waals surface area contributed by atoms with Crippen LogP contribution < -0.4 is 0 Å². The van der Waals surface area contributed by atoms with Crippen molar-refractivity contribution in [3.8, 4) is 0 Å². The molecule has 2 aromatic carbocycles. The number of Topliss-reactive ketones (excluding diaryl/α,β-unsaturated/α-hetero) is 1. The van der Waals surface area contributed by atoms with Crippen molar-refractivity contribution in [2.45, 2.75) is 56.2 Å². The highest BCUT2D eigenvalue weighted by Gasteiger charge is 2.33. The van der Waals surface area contributed by atoms with Gasteiger partial charge in [-0.15, -0.1) is 0 Å². The second-order valence-corrected chi connectivity index (χ2v) is 15.8. The van der Waals surface area contributed by atoms with Crippen LogP contribution in [-0.4, -0.2) is 43.7 Å². The first kappa shape index (κ1) is 28.0. The van der Waals surface area contributed by atoms with Crippen molar-refractivity contribution in [2.24, 2.45) is 0 Å². The van der Waals surface area contributed by atoms with E-state index in [4.69, 9.17) is 4.43 Å². The van der Waals surface area contributed by atoms with Gasteiger partial charge in [-0.1, -0.05) is 36.4 Å². The van der Waals surface area contributed by atoms with Gasteiger partial charge in [-0.25, -0.2) is 8.42 Å². The highest BCUT2D eigenvalue weighted by atomic mass is 32.2. The molecule has 0 unspecified atom stereocenters. The van der Waals surface area contributed by atoms with Gasteiger partial charge in [0.1, 0.15) is 4.90 Å². The predicted octanol–water partition coefficient (Wildman–Crippen LogP) is 5.10. The fourth-order valence-corrected chi connectivity index (χ4v) is 6.00. The van der Waals surface area contributed by atoms with Crippen LogP contribution in [0.1, 0.15) is 30.6 Å². The summed E-state index contributed by atoms with van der Waals surface area (Å²) in [6.07, 6.45) is 0.726. The first-order valence-electron chi connectivity index (χ1n) is 10.7. The number of hydrogen-bond donors (Lipinski definition) is 0. The van der Waals surface area contributed by atoms with Crippen LogP contribution in [0.25, 0.3) is 0 Å². The Morgan fingerprint density at radius 2 is 1.66 bits per heavy atom. The summed E-state index contributed by atoms with van der Waals surface area (Å²) in [5.74, 6) is -0.164. The van der Waals surface area contributed by atoms with Crippen molar-refractivity contribution in [2.75, 3.05) is 0 Å². The molecule has 0 heterocycles. The van der Waals surface area contributed by atoms with Crippen LogP contribution in [0.2, 0.25) is 19.6 Å². The Hall–Kier alpha value is -3.22. The van der Waals surface area contributed by atoms with E-state index < -0.39 is 55.6 Å². The monoisotopic (exact) mass is 520 g/mol. The lowest BCUT2D eigenvalue weighted by Gasteiger charge is -2.27. The molecule has 0 radical (unpaired) electrons. The Kier molecular flexibility index (Phi) is 8.82. The first-order valence-corrected chi connectivity index (χ1v) is 15.7. The van der Waals surface area contributed by atoms with Gasteiger partial charge in [-0.05, 0) is 45.1 Å². The zero-order valence-electron chi connectivity index (χ0n) is 20.1. The Morgan fingerprint density at radius 3 is 2.17 bits per heavy atom. The maximum Gasteiger partial charge on any atom is 0.294 e. The third-order valence-corrected chi connectivity index (χ3v) is 8.18. The van der Waals surface area contributed by atoms with Crippen LogP contribution in [-0.2, 0) is 14.3 Å². The van der Waals surface area contributed by atoms with Crippen molar-refractivity contribution in [1.29, 1.82) is 0 Å². The molecule has 0 N–H and O–H groups in total. The molecule has 2 aromatic rings. The quantitative estimate of drug-likeness (QED) is 0.131. The van der Waals surface area contributed by atoms with Gasteiger partial charge < -0.3 is 4.43 Å². The Morgan fingerprint density at radius 1 is 1.06 bits per heavy atom. The Bertz CT molecular complexity index is 1250. The average Bonchev–Trinajstić information content (AvgIpc) is 2.77. The van der Waals surface area contributed by atoms with Crippen LogP contribution in [0.4, 0.5) is 11.4 Å². The molecule has 2 atom stereocenters. The highest BCUT2D eigenvalue weighted by molar-refractivity contribution is 7.92. The zero-order chi connectivity index (χ0) is 26.6. The molecule has 0 spiro atoms. The minimum atomic E-state index is -4.28. The topological polar surface area (TPSA) is 147 Å². The fourth-order valence-electron chi connectivity index (χ4n) is 3.40. The van der Waals surface area contributed by atoms with Crippen LogP contribution in [0.3, 0.4) is 0 Å². The number of nitro benzene ring substituents is 2. The molecule has 0 aliphatic rings. The van der Waals surface area contributed by atoms with E-state index in [2.05, 4.69) is 0 Å². The van der Waals surface area contributed by atoms with Gasteiger partial charge in [0.05, 0.1) is 27.3 Å². The maximum atomic E-state index is 13.2. The summed E-state index contributed by atoms with van der Waals surface area (Å²) in [7, 11) is -6.43. The number of sulfone groups is 1. The number of non-ortho nitro benzene ring substituents is 1. The first-order chi connectivity index (χ1) is 16.1. The van der Waals surface area contributed by atoms with E-state index in [-0.39, 0.29) is 12.2 Å². The van der Waals surface area contributed by atoms with Gasteiger partial charge in [-0.2, -0.15) is 0 Å². The zero-order valence-corrected chi connectivity index (χ0v) is 21.9. The lowest BCUT2D eigenvalue weighted by Crippen LogP contribution is -2.34. The van der Waals surface area contributed by atoms with Crippen LogP contribution >= 0.6 is 0 Å². The molecule has 0 aliphatic carbocycles. The number of ketones is 1. The summed E-state index contributed by atoms with van der Waals surface area (Å²) in [4.78, 5) is 32.8. The summed E-state index contributed by atoms with van der Waals surface area (Å²) < 4.78 is 32.6. The average molecular weight is 521 g/mol. The van der Waals surface area contributed by atoms with Crippen molar-refractivity contribution in [3.63, 3.8) is 0 Å². The summed E-state index contributed by atoms with van der Waals surface area (Å²) in [6.45, 7) is 8.84. The fraction of sp³-hybridized carbons (Fsp3) is 0.348. The van der Waals surface area contributed by atoms with E-state index >= 15 is 0 Å². The second kappa shape index (κ2) is 11.0. The molecule has 188 valence electrons. The van der Waals surface area contributed by atoms with Gasteiger partial charge in [0.2, 0.25) is 0 Å². The smallest absolute Gasteiger partial charge is 0.294 e. The Labute approximate surface area is 205 Å². The van der Waals surface area contributed by atoms with E-state index in [9.17, 15) is 33.4 Å². The molecule has 12 heteroatoms. The number of carbonyl (C=O) groups is 1. The number of rotatable bonds is 11. The van der Waals surface area contributed by atoms with E-state index in [1.165, 1.54) is 13.0 Å².